The summed E-state index contributed by atoms with van der Waals surface area (Å²) in [5.74, 6) is 0.961. The van der Waals surface area contributed by atoms with Gasteiger partial charge in [0.25, 0.3) is 0 Å². The van der Waals surface area contributed by atoms with Crippen LogP contribution >= 0.6 is 15.9 Å². The number of ether oxygens (including phenoxy) is 1. The van der Waals surface area contributed by atoms with Crippen LogP contribution in [0.4, 0.5) is 0 Å². The van der Waals surface area contributed by atoms with Gasteiger partial charge in [0.1, 0.15) is 5.75 Å². The van der Waals surface area contributed by atoms with E-state index in [0.717, 1.165) is 23.2 Å². The molecule has 0 aliphatic rings. The first-order valence-electron chi connectivity index (χ1n) is 6.21. The highest BCUT2D eigenvalue weighted by molar-refractivity contribution is 9.10. The van der Waals surface area contributed by atoms with Gasteiger partial charge in [0.2, 0.25) is 0 Å². The van der Waals surface area contributed by atoms with Crippen LogP contribution in [0.3, 0.4) is 0 Å². The highest BCUT2D eigenvalue weighted by Crippen LogP contribution is 2.18. The van der Waals surface area contributed by atoms with E-state index in [0.29, 0.717) is 0 Å². The number of unbranched alkanes of at least 4 members (excludes halogenated alkanes) is 5. The Hall–Kier alpha value is -0.500. The number of rotatable bonds is 8. The van der Waals surface area contributed by atoms with E-state index in [1.165, 1.54) is 32.1 Å². The van der Waals surface area contributed by atoms with Crippen LogP contribution in [0.2, 0.25) is 0 Å². The third-order valence-corrected chi connectivity index (χ3v) is 3.06. The van der Waals surface area contributed by atoms with Crippen molar-refractivity contribution < 1.29 is 4.74 Å². The highest BCUT2D eigenvalue weighted by atomic mass is 79.9. The van der Waals surface area contributed by atoms with Crippen molar-refractivity contribution in [2.24, 2.45) is 0 Å². The van der Waals surface area contributed by atoms with Gasteiger partial charge in [-0.1, -0.05) is 61.0 Å². The summed E-state index contributed by atoms with van der Waals surface area (Å²) >= 11 is 3.43. The van der Waals surface area contributed by atoms with Gasteiger partial charge in [0.05, 0.1) is 6.61 Å². The molecule has 0 atom stereocenters. The lowest BCUT2D eigenvalue weighted by molar-refractivity contribution is 0.304. The number of hydrogen-bond donors (Lipinski definition) is 0. The Labute approximate surface area is 107 Å². The molecule has 0 fully saturated rings. The maximum atomic E-state index is 5.66. The molecule has 0 aliphatic carbocycles. The second-order valence-corrected chi connectivity index (χ2v) is 4.99. The van der Waals surface area contributed by atoms with Gasteiger partial charge < -0.3 is 4.74 Å². The largest absolute Gasteiger partial charge is 0.494 e. The summed E-state index contributed by atoms with van der Waals surface area (Å²) in [6, 6.07) is 8.02. The van der Waals surface area contributed by atoms with E-state index in [2.05, 4.69) is 22.9 Å². The number of halogens is 1. The van der Waals surface area contributed by atoms with Crippen LogP contribution in [0.1, 0.15) is 45.4 Å². The second kappa shape index (κ2) is 8.63. The van der Waals surface area contributed by atoms with E-state index < -0.39 is 0 Å². The molecule has 1 rings (SSSR count). The SMILES string of the molecule is CCCCCCCCOc1cccc(Br)c1. The maximum Gasteiger partial charge on any atom is 0.120 e. The van der Waals surface area contributed by atoms with Crippen molar-refractivity contribution >= 4 is 15.9 Å². The van der Waals surface area contributed by atoms with Crippen LogP contribution in [0, 0.1) is 0 Å². The summed E-state index contributed by atoms with van der Waals surface area (Å²) in [7, 11) is 0. The highest BCUT2D eigenvalue weighted by Gasteiger charge is 1.94. The molecule has 1 aromatic carbocycles. The van der Waals surface area contributed by atoms with Crippen LogP contribution in [-0.2, 0) is 0 Å². The Morgan fingerprint density at radius 3 is 2.56 bits per heavy atom. The van der Waals surface area contributed by atoms with Crippen molar-refractivity contribution in [3.05, 3.63) is 28.7 Å². The zero-order valence-corrected chi connectivity index (χ0v) is 11.6. The minimum Gasteiger partial charge on any atom is -0.494 e. The smallest absolute Gasteiger partial charge is 0.120 e. The third kappa shape index (κ3) is 6.16. The zero-order chi connectivity index (χ0) is 11.6. The predicted molar refractivity (Wildman–Crippen MR) is 73.0 cm³/mol. The van der Waals surface area contributed by atoms with Crippen molar-refractivity contribution in [3.8, 4) is 5.75 Å². The molecule has 0 N–H and O–H groups in total. The van der Waals surface area contributed by atoms with Gasteiger partial charge in [-0.2, -0.15) is 0 Å². The Morgan fingerprint density at radius 2 is 1.81 bits per heavy atom. The first-order valence-corrected chi connectivity index (χ1v) is 7.00. The summed E-state index contributed by atoms with van der Waals surface area (Å²) < 4.78 is 6.74. The fraction of sp³-hybridized carbons (Fsp3) is 0.571. The minimum absolute atomic E-state index is 0.836. The van der Waals surface area contributed by atoms with Crippen LogP contribution < -0.4 is 4.74 Å². The molecule has 0 amide bonds. The summed E-state index contributed by atoms with van der Waals surface area (Å²) in [5.41, 5.74) is 0. The second-order valence-electron chi connectivity index (χ2n) is 4.07. The molecule has 0 unspecified atom stereocenters. The van der Waals surface area contributed by atoms with Crippen molar-refractivity contribution in [1.29, 1.82) is 0 Å². The fourth-order valence-corrected chi connectivity index (χ4v) is 2.01. The van der Waals surface area contributed by atoms with E-state index in [1.807, 2.05) is 24.3 Å². The Bertz CT molecular complexity index is 286. The molecule has 1 nitrogen and oxygen atoms in total. The molecule has 0 radical (unpaired) electrons. The van der Waals surface area contributed by atoms with Gasteiger partial charge in [-0.3, -0.25) is 0 Å². The number of hydrogen-bond acceptors (Lipinski definition) is 1. The van der Waals surface area contributed by atoms with E-state index >= 15 is 0 Å². The normalized spacial score (nSPS) is 10.4. The monoisotopic (exact) mass is 284 g/mol. The van der Waals surface area contributed by atoms with Crippen LogP contribution in [0.5, 0.6) is 5.75 Å². The lowest BCUT2D eigenvalue weighted by Gasteiger charge is -2.06. The van der Waals surface area contributed by atoms with E-state index in [-0.39, 0.29) is 0 Å². The quantitative estimate of drug-likeness (QED) is 0.597. The lowest BCUT2D eigenvalue weighted by atomic mass is 10.1. The van der Waals surface area contributed by atoms with Gasteiger partial charge in [0.15, 0.2) is 0 Å². The molecule has 16 heavy (non-hydrogen) atoms. The molecule has 0 heterocycles. The molecule has 90 valence electrons. The molecule has 0 saturated carbocycles. The standard InChI is InChI=1S/C14H21BrO/c1-2-3-4-5-6-7-11-16-14-10-8-9-13(15)12-14/h8-10,12H,2-7,11H2,1H3. The van der Waals surface area contributed by atoms with E-state index in [4.69, 9.17) is 4.74 Å². The predicted octanol–water partition coefficient (Wildman–Crippen LogP) is 5.19. The minimum atomic E-state index is 0.836. The first kappa shape index (κ1) is 13.6. The Balaban J connectivity index is 2.03. The van der Waals surface area contributed by atoms with E-state index in [9.17, 15) is 0 Å². The van der Waals surface area contributed by atoms with Gasteiger partial charge in [-0.25, -0.2) is 0 Å². The Morgan fingerprint density at radius 1 is 1.06 bits per heavy atom. The van der Waals surface area contributed by atoms with Gasteiger partial charge in [0, 0.05) is 4.47 Å². The Kier molecular flexibility index (Phi) is 7.32. The molecule has 0 saturated heterocycles. The van der Waals surface area contributed by atoms with Crippen LogP contribution in [-0.4, -0.2) is 6.61 Å². The molecule has 0 aromatic heterocycles. The summed E-state index contributed by atoms with van der Waals surface area (Å²) in [5, 5.41) is 0. The first-order chi connectivity index (χ1) is 7.83. The summed E-state index contributed by atoms with van der Waals surface area (Å²) in [6.07, 6.45) is 7.84. The lowest BCUT2D eigenvalue weighted by Crippen LogP contribution is -1.97. The summed E-state index contributed by atoms with van der Waals surface area (Å²) in [4.78, 5) is 0. The molecule has 0 spiro atoms. The average molecular weight is 285 g/mol. The number of benzene rings is 1. The van der Waals surface area contributed by atoms with Crippen molar-refractivity contribution in [3.63, 3.8) is 0 Å². The zero-order valence-electron chi connectivity index (χ0n) is 10.0. The molecule has 1 aromatic rings. The van der Waals surface area contributed by atoms with E-state index in [1.54, 1.807) is 0 Å². The van der Waals surface area contributed by atoms with Crippen LogP contribution in [0.25, 0.3) is 0 Å². The average Bonchev–Trinajstić information content (AvgIpc) is 2.28. The molecular weight excluding hydrogens is 264 g/mol. The fourth-order valence-electron chi connectivity index (χ4n) is 1.63. The van der Waals surface area contributed by atoms with Gasteiger partial charge in [-0.05, 0) is 24.6 Å². The van der Waals surface area contributed by atoms with Crippen molar-refractivity contribution in [2.45, 2.75) is 45.4 Å². The summed E-state index contributed by atoms with van der Waals surface area (Å²) in [6.45, 7) is 3.08. The maximum absolute atomic E-state index is 5.66. The molecule has 0 bridgehead atoms. The van der Waals surface area contributed by atoms with Gasteiger partial charge >= 0.3 is 0 Å². The molecular formula is C14H21BrO. The third-order valence-electron chi connectivity index (χ3n) is 2.56. The van der Waals surface area contributed by atoms with Crippen molar-refractivity contribution in [2.75, 3.05) is 6.61 Å². The topological polar surface area (TPSA) is 9.23 Å². The van der Waals surface area contributed by atoms with Gasteiger partial charge in [-0.15, -0.1) is 0 Å². The van der Waals surface area contributed by atoms with Crippen LogP contribution in [0.15, 0.2) is 28.7 Å². The van der Waals surface area contributed by atoms with Crippen molar-refractivity contribution in [1.82, 2.24) is 0 Å². The molecule has 0 aliphatic heterocycles. The molecule has 2 heteroatoms.